The van der Waals surface area contributed by atoms with Gasteiger partial charge in [0.25, 0.3) is 6.40 Å². The summed E-state index contributed by atoms with van der Waals surface area (Å²) in [6.07, 6.45) is 9.35. The number of rotatable bonds is 0. The number of aliphatic imine (C=N–C) groups is 1. The van der Waals surface area contributed by atoms with Gasteiger partial charge < -0.3 is 4.74 Å². The van der Waals surface area contributed by atoms with Crippen molar-refractivity contribution in [3.8, 4) is 0 Å². The molecule has 1 aliphatic carbocycles. The quantitative estimate of drug-likeness (QED) is 0.498. The maximum Gasteiger partial charge on any atom is 0.273 e. The van der Waals surface area contributed by atoms with E-state index in [1.807, 2.05) is 0 Å². The molecule has 2 nitrogen and oxygen atoms in total. The highest BCUT2D eigenvalue weighted by Crippen LogP contribution is 2.25. The fraction of sp³-hybridized carbons (Fsp3) is 0.875. The topological polar surface area (TPSA) is 21.6 Å². The second-order valence-corrected chi connectivity index (χ2v) is 3.08. The molecule has 55 valence electrons. The van der Waals surface area contributed by atoms with Crippen molar-refractivity contribution < 1.29 is 4.74 Å². The molecule has 1 aliphatic heterocycles. The normalized spacial score (nSPS) is 38.4. The molecule has 2 heteroatoms. The fourth-order valence-corrected chi connectivity index (χ4v) is 1.71. The third kappa shape index (κ3) is 1.02. The van der Waals surface area contributed by atoms with Crippen LogP contribution < -0.4 is 0 Å². The Morgan fingerprint density at radius 2 is 2.10 bits per heavy atom. The second kappa shape index (κ2) is 2.60. The molecule has 0 bridgehead atoms. The van der Waals surface area contributed by atoms with Crippen LogP contribution in [0.4, 0.5) is 0 Å². The standard InChI is InChI=1S/C8H12NO/c1-2-4-7-8(5-3-1)10-6-9-7/h7-8H,1-5H2. The Balaban J connectivity index is 2.00. The zero-order valence-corrected chi connectivity index (χ0v) is 6.05. The average Bonchev–Trinajstić information content (AvgIpc) is 2.28. The van der Waals surface area contributed by atoms with Gasteiger partial charge in [0.15, 0.2) is 0 Å². The van der Waals surface area contributed by atoms with Gasteiger partial charge in [0, 0.05) is 0 Å². The van der Waals surface area contributed by atoms with Crippen molar-refractivity contribution in [3.63, 3.8) is 0 Å². The minimum absolute atomic E-state index is 0.377. The molecule has 0 N–H and O–H groups in total. The van der Waals surface area contributed by atoms with Crippen molar-refractivity contribution in [3.05, 3.63) is 0 Å². The molecule has 1 radical (unpaired) electrons. The maximum absolute atomic E-state index is 5.22. The lowest BCUT2D eigenvalue weighted by atomic mass is 10.1. The van der Waals surface area contributed by atoms with Crippen LogP contribution in [0.25, 0.3) is 0 Å². The van der Waals surface area contributed by atoms with Gasteiger partial charge in [-0.1, -0.05) is 12.8 Å². The molecule has 2 unspecified atom stereocenters. The molecule has 0 saturated heterocycles. The molecular formula is C8H12NO. The van der Waals surface area contributed by atoms with Gasteiger partial charge in [-0.3, -0.25) is 0 Å². The van der Waals surface area contributed by atoms with Gasteiger partial charge in [0.1, 0.15) is 6.10 Å². The monoisotopic (exact) mass is 138 g/mol. The van der Waals surface area contributed by atoms with E-state index in [0.29, 0.717) is 12.1 Å². The van der Waals surface area contributed by atoms with Gasteiger partial charge in [0.05, 0.1) is 6.04 Å². The van der Waals surface area contributed by atoms with Crippen molar-refractivity contribution in [1.29, 1.82) is 0 Å². The largest absolute Gasteiger partial charge is 0.468 e. The molecule has 0 spiro atoms. The average molecular weight is 138 g/mol. The molecule has 0 aromatic carbocycles. The van der Waals surface area contributed by atoms with Crippen LogP contribution in [0.15, 0.2) is 4.99 Å². The molecule has 0 amide bonds. The zero-order valence-electron chi connectivity index (χ0n) is 6.05. The fourth-order valence-electron chi connectivity index (χ4n) is 1.71. The zero-order chi connectivity index (χ0) is 6.81. The highest BCUT2D eigenvalue weighted by molar-refractivity contribution is 5.49. The lowest BCUT2D eigenvalue weighted by molar-refractivity contribution is 0.191. The van der Waals surface area contributed by atoms with E-state index >= 15 is 0 Å². The molecular weight excluding hydrogens is 126 g/mol. The van der Waals surface area contributed by atoms with E-state index in [1.165, 1.54) is 32.1 Å². The summed E-state index contributed by atoms with van der Waals surface area (Å²) >= 11 is 0. The summed E-state index contributed by atoms with van der Waals surface area (Å²) in [4.78, 5) is 4.15. The third-order valence-corrected chi connectivity index (χ3v) is 2.34. The molecule has 2 rings (SSSR count). The predicted octanol–water partition coefficient (Wildman–Crippen LogP) is 1.62. The van der Waals surface area contributed by atoms with Crippen LogP contribution in [0.2, 0.25) is 0 Å². The van der Waals surface area contributed by atoms with Gasteiger partial charge in [-0.25, -0.2) is 4.99 Å². The van der Waals surface area contributed by atoms with Crippen molar-refractivity contribution in [1.82, 2.24) is 0 Å². The van der Waals surface area contributed by atoms with Crippen LogP contribution in [-0.2, 0) is 4.74 Å². The first kappa shape index (κ1) is 6.20. The van der Waals surface area contributed by atoms with E-state index < -0.39 is 0 Å². The molecule has 2 atom stereocenters. The van der Waals surface area contributed by atoms with Crippen LogP contribution in [0.5, 0.6) is 0 Å². The summed E-state index contributed by atoms with van der Waals surface area (Å²) < 4.78 is 5.22. The van der Waals surface area contributed by atoms with E-state index in [-0.39, 0.29) is 0 Å². The number of ether oxygens (including phenoxy) is 1. The van der Waals surface area contributed by atoms with E-state index in [2.05, 4.69) is 11.4 Å². The Hall–Kier alpha value is -0.530. The summed E-state index contributed by atoms with van der Waals surface area (Å²) in [7, 11) is 0. The van der Waals surface area contributed by atoms with Gasteiger partial charge in [0.2, 0.25) is 0 Å². The highest BCUT2D eigenvalue weighted by atomic mass is 16.5. The Labute approximate surface area is 61.3 Å². The molecule has 1 saturated carbocycles. The van der Waals surface area contributed by atoms with Gasteiger partial charge in [-0.15, -0.1) is 0 Å². The smallest absolute Gasteiger partial charge is 0.273 e. The Bertz CT molecular complexity index is 144. The van der Waals surface area contributed by atoms with Crippen molar-refractivity contribution in [2.75, 3.05) is 0 Å². The third-order valence-electron chi connectivity index (χ3n) is 2.34. The minimum atomic E-state index is 0.377. The number of hydrogen-bond acceptors (Lipinski definition) is 2. The second-order valence-electron chi connectivity index (χ2n) is 3.08. The van der Waals surface area contributed by atoms with Crippen LogP contribution in [0, 0.1) is 0 Å². The van der Waals surface area contributed by atoms with Crippen molar-refractivity contribution >= 4 is 6.40 Å². The summed E-state index contributed by atoms with van der Waals surface area (Å²) in [6, 6.07) is 0.447. The minimum Gasteiger partial charge on any atom is -0.468 e. The molecule has 2 aliphatic rings. The predicted molar refractivity (Wildman–Crippen MR) is 39.2 cm³/mol. The van der Waals surface area contributed by atoms with Crippen LogP contribution in [0.1, 0.15) is 32.1 Å². The molecule has 1 fully saturated rings. The van der Waals surface area contributed by atoms with Gasteiger partial charge >= 0.3 is 0 Å². The van der Waals surface area contributed by atoms with Gasteiger partial charge in [-0.05, 0) is 19.3 Å². The lowest BCUT2D eigenvalue weighted by Gasteiger charge is -2.11. The molecule has 0 aromatic rings. The number of fused-ring (bicyclic) bond motifs is 1. The van der Waals surface area contributed by atoms with Crippen molar-refractivity contribution in [2.24, 2.45) is 4.99 Å². The lowest BCUT2D eigenvalue weighted by Crippen LogP contribution is -2.19. The first-order valence-corrected chi connectivity index (χ1v) is 4.07. The summed E-state index contributed by atoms with van der Waals surface area (Å²) in [6.45, 7) is 0. The molecule has 10 heavy (non-hydrogen) atoms. The van der Waals surface area contributed by atoms with E-state index in [4.69, 9.17) is 4.74 Å². The number of hydrogen-bond donors (Lipinski definition) is 0. The Kier molecular flexibility index (Phi) is 1.61. The summed E-state index contributed by atoms with van der Waals surface area (Å²) in [5.41, 5.74) is 0. The van der Waals surface area contributed by atoms with E-state index in [1.54, 1.807) is 0 Å². The highest BCUT2D eigenvalue weighted by Gasteiger charge is 2.27. The van der Waals surface area contributed by atoms with Gasteiger partial charge in [-0.2, -0.15) is 0 Å². The number of nitrogens with zero attached hydrogens (tertiary/aromatic N) is 1. The SMILES string of the molecule is [C]1=NC2CCCCCC2O1. The first-order chi connectivity index (χ1) is 4.97. The van der Waals surface area contributed by atoms with Crippen LogP contribution in [0.3, 0.4) is 0 Å². The van der Waals surface area contributed by atoms with E-state index in [0.717, 1.165) is 0 Å². The Morgan fingerprint density at radius 1 is 1.20 bits per heavy atom. The maximum atomic E-state index is 5.22. The van der Waals surface area contributed by atoms with E-state index in [9.17, 15) is 0 Å². The first-order valence-electron chi connectivity index (χ1n) is 4.07. The van der Waals surface area contributed by atoms with Crippen molar-refractivity contribution in [2.45, 2.75) is 44.2 Å². The molecule has 0 aromatic heterocycles. The summed E-state index contributed by atoms with van der Waals surface area (Å²) in [5.74, 6) is 0. The van der Waals surface area contributed by atoms with Crippen LogP contribution in [-0.4, -0.2) is 18.5 Å². The summed E-state index contributed by atoms with van der Waals surface area (Å²) in [5, 5.41) is 0. The Morgan fingerprint density at radius 3 is 3.10 bits per heavy atom. The molecule has 1 heterocycles. The van der Waals surface area contributed by atoms with Crippen LogP contribution >= 0.6 is 0 Å².